The van der Waals surface area contributed by atoms with Gasteiger partial charge in [0.25, 0.3) is 11.5 Å². The molecule has 0 saturated carbocycles. The van der Waals surface area contributed by atoms with Crippen LogP contribution in [0.3, 0.4) is 0 Å². The number of likely N-dealkylation sites (N-methyl/N-ethyl adjacent to an activating group) is 2. The second-order valence-electron chi connectivity index (χ2n) is 9.08. The smallest absolute Gasteiger partial charge is 0.326 e. The number of nitrogens with zero attached hydrogens (tertiary/aromatic N) is 3. The molecule has 39 heavy (non-hydrogen) atoms. The van der Waals surface area contributed by atoms with E-state index < -0.39 is 23.9 Å². The van der Waals surface area contributed by atoms with Crippen LogP contribution in [0.1, 0.15) is 23.2 Å². The number of carboxylic acid groups (broad SMARTS) is 2. The molecule has 2 aromatic rings. The van der Waals surface area contributed by atoms with E-state index in [1.165, 1.54) is 12.1 Å². The van der Waals surface area contributed by atoms with Crippen molar-refractivity contribution in [2.24, 2.45) is 0 Å². The number of amides is 1. The number of fused-ring (bicyclic) bond motifs is 1. The minimum atomic E-state index is -1.30. The van der Waals surface area contributed by atoms with Crippen LogP contribution in [0, 0.1) is 0 Å². The quantitative estimate of drug-likeness (QED) is 0.174. The van der Waals surface area contributed by atoms with E-state index in [-0.39, 0.29) is 42.6 Å². The van der Waals surface area contributed by atoms with Gasteiger partial charge < -0.3 is 46.8 Å². The summed E-state index contributed by atoms with van der Waals surface area (Å²) in [7, 11) is 5.64. The van der Waals surface area contributed by atoms with Crippen LogP contribution in [0.4, 0.5) is 23.1 Å². The molecule has 15 heteroatoms. The number of benzene rings is 1. The molecule has 2 atom stereocenters. The molecule has 1 amide bonds. The van der Waals surface area contributed by atoms with Crippen molar-refractivity contribution in [1.29, 1.82) is 0 Å². The van der Waals surface area contributed by atoms with Crippen molar-refractivity contribution in [1.82, 2.24) is 20.2 Å². The average molecular weight is 549 g/mol. The number of nitrogens with two attached hydrogens (primary N) is 1. The molecule has 1 aromatic heterocycles. The van der Waals surface area contributed by atoms with Crippen LogP contribution in [0.15, 0.2) is 29.1 Å². The molecule has 0 spiro atoms. The van der Waals surface area contributed by atoms with Crippen molar-refractivity contribution in [3.63, 3.8) is 0 Å². The average Bonchev–Trinajstić information content (AvgIpc) is 2.86. The number of aromatic nitrogens is 2. The maximum Gasteiger partial charge on any atom is 0.326 e. The van der Waals surface area contributed by atoms with Gasteiger partial charge in [-0.05, 0) is 44.8 Å². The number of aliphatic hydroxyl groups excluding tert-OH is 1. The van der Waals surface area contributed by atoms with Crippen molar-refractivity contribution in [2.75, 3.05) is 68.7 Å². The number of aliphatic hydroxyl groups is 1. The molecule has 0 radical (unpaired) electrons. The first-order valence-corrected chi connectivity index (χ1v) is 12.1. The molecular formula is C24H36N8O7. The fraction of sp³-hybridized carbons (Fsp3) is 0.458. The van der Waals surface area contributed by atoms with E-state index >= 15 is 0 Å². The summed E-state index contributed by atoms with van der Waals surface area (Å²) in [6, 6.07) is 5.03. The Kier molecular flexibility index (Phi) is 11.5. The Morgan fingerprint density at radius 2 is 1.90 bits per heavy atom. The first kappa shape index (κ1) is 30.9. The van der Waals surface area contributed by atoms with Gasteiger partial charge in [-0.15, -0.1) is 0 Å². The third-order valence-electron chi connectivity index (χ3n) is 5.81. The number of carbonyl (C=O) groups excluding carboxylic acids is 1. The minimum Gasteiger partial charge on any atom is -0.481 e. The zero-order chi connectivity index (χ0) is 29.1. The molecule has 214 valence electrons. The molecule has 0 saturated heterocycles. The highest BCUT2D eigenvalue weighted by Gasteiger charge is 2.27. The summed E-state index contributed by atoms with van der Waals surface area (Å²) in [6.07, 6.45) is -0.586. The number of aromatic amines is 1. The summed E-state index contributed by atoms with van der Waals surface area (Å²) in [5.74, 6) is -2.59. The Morgan fingerprint density at radius 3 is 2.44 bits per heavy atom. The van der Waals surface area contributed by atoms with E-state index in [0.717, 1.165) is 12.2 Å². The van der Waals surface area contributed by atoms with Crippen LogP contribution in [0.25, 0.3) is 0 Å². The van der Waals surface area contributed by atoms with E-state index in [0.29, 0.717) is 24.6 Å². The molecule has 1 aliphatic rings. The van der Waals surface area contributed by atoms with Crippen molar-refractivity contribution >= 4 is 41.0 Å². The predicted molar refractivity (Wildman–Crippen MR) is 146 cm³/mol. The lowest BCUT2D eigenvalue weighted by molar-refractivity contribution is -0.140. The van der Waals surface area contributed by atoms with Crippen LogP contribution in [-0.2, 0) is 9.59 Å². The zero-order valence-corrected chi connectivity index (χ0v) is 22.1. The summed E-state index contributed by atoms with van der Waals surface area (Å²) in [5, 5.41) is 34.7. The zero-order valence-electron chi connectivity index (χ0n) is 22.1. The number of nitrogen functional groups attached to an aromatic ring is 1. The summed E-state index contributed by atoms with van der Waals surface area (Å²) in [5.41, 5.74) is 6.59. The van der Waals surface area contributed by atoms with E-state index in [1.54, 1.807) is 19.2 Å². The monoisotopic (exact) mass is 548 g/mol. The van der Waals surface area contributed by atoms with Gasteiger partial charge in [0.2, 0.25) is 5.95 Å². The van der Waals surface area contributed by atoms with Gasteiger partial charge in [-0.2, -0.15) is 4.98 Å². The highest BCUT2D eigenvalue weighted by molar-refractivity contribution is 5.97. The Bertz CT molecular complexity index is 1190. The second-order valence-corrected chi connectivity index (χ2v) is 9.08. The van der Waals surface area contributed by atoms with E-state index in [9.17, 15) is 24.3 Å². The highest BCUT2D eigenvalue weighted by atomic mass is 16.4. The maximum absolute atomic E-state index is 12.3. The van der Waals surface area contributed by atoms with Gasteiger partial charge >= 0.3 is 11.9 Å². The molecule has 0 unspecified atom stereocenters. The summed E-state index contributed by atoms with van der Waals surface area (Å²) in [4.78, 5) is 56.8. The van der Waals surface area contributed by atoms with Crippen molar-refractivity contribution in [3.8, 4) is 0 Å². The molecule has 1 aromatic carbocycles. The first-order chi connectivity index (χ1) is 18.4. The van der Waals surface area contributed by atoms with Crippen LogP contribution >= 0.6 is 0 Å². The molecular weight excluding hydrogens is 512 g/mol. The number of hydrogen-bond donors (Lipinski definition) is 8. The van der Waals surface area contributed by atoms with E-state index in [1.807, 2.05) is 23.9 Å². The molecule has 9 N–H and O–H groups in total. The number of H-pyrrole nitrogens is 1. The summed E-state index contributed by atoms with van der Waals surface area (Å²) < 4.78 is 0. The molecule has 2 heterocycles. The van der Waals surface area contributed by atoms with E-state index in [2.05, 4.69) is 25.9 Å². The third kappa shape index (κ3) is 9.46. The number of rotatable bonds is 11. The number of anilines is 4. The van der Waals surface area contributed by atoms with Crippen LogP contribution in [0.5, 0.6) is 0 Å². The van der Waals surface area contributed by atoms with Gasteiger partial charge in [-0.25, -0.2) is 4.79 Å². The van der Waals surface area contributed by atoms with E-state index in [4.69, 9.17) is 15.9 Å². The lowest BCUT2D eigenvalue weighted by atomic mass is 10.1. The number of aliphatic carboxylic acids is 2. The van der Waals surface area contributed by atoms with Crippen molar-refractivity contribution < 1.29 is 29.7 Å². The fourth-order valence-corrected chi connectivity index (χ4v) is 3.62. The van der Waals surface area contributed by atoms with Crippen LogP contribution in [0.2, 0.25) is 0 Å². The van der Waals surface area contributed by atoms with Crippen molar-refractivity contribution in [3.05, 3.63) is 40.2 Å². The lowest BCUT2D eigenvalue weighted by Crippen LogP contribution is -2.48. The molecule has 0 fully saturated rings. The normalized spacial score (nSPS) is 14.8. The number of hydrogen-bond acceptors (Lipinski definition) is 11. The Morgan fingerprint density at radius 1 is 1.23 bits per heavy atom. The third-order valence-corrected chi connectivity index (χ3v) is 5.81. The highest BCUT2D eigenvalue weighted by Crippen LogP contribution is 2.25. The number of carboxylic acids is 2. The summed E-state index contributed by atoms with van der Waals surface area (Å²) in [6.45, 7) is 2.03. The number of nitrogens with one attached hydrogen (secondary N) is 4. The van der Waals surface area contributed by atoms with Crippen LogP contribution in [-0.4, -0.2) is 108 Å². The molecule has 3 rings (SSSR count). The summed E-state index contributed by atoms with van der Waals surface area (Å²) >= 11 is 0. The fourth-order valence-electron chi connectivity index (χ4n) is 3.62. The van der Waals surface area contributed by atoms with Crippen molar-refractivity contribution in [2.45, 2.75) is 24.9 Å². The SMILES string of the molecule is CN(C)CCO.CN1c2c(nc(N)[nH]c2=O)NC[C@@H]1CNc1ccc(C(=O)N[C@@H](CCC(=O)O)C(=O)O)cc1. The molecule has 15 nitrogen and oxygen atoms in total. The van der Waals surface area contributed by atoms with Gasteiger partial charge in [0.15, 0.2) is 5.82 Å². The Labute approximate surface area is 225 Å². The first-order valence-electron chi connectivity index (χ1n) is 12.1. The largest absolute Gasteiger partial charge is 0.481 e. The second kappa shape index (κ2) is 14.5. The van der Waals surface area contributed by atoms with Gasteiger partial charge in [0, 0.05) is 44.4 Å². The maximum atomic E-state index is 12.3. The van der Waals surface area contributed by atoms with Gasteiger partial charge in [0.1, 0.15) is 11.7 Å². The van der Waals surface area contributed by atoms with Crippen LogP contribution < -0.4 is 32.1 Å². The Balaban J connectivity index is 0.000000798. The van der Waals surface area contributed by atoms with Gasteiger partial charge in [0.05, 0.1) is 12.6 Å². The number of carbonyl (C=O) groups is 3. The molecule has 0 bridgehead atoms. The van der Waals surface area contributed by atoms with Gasteiger partial charge in [-0.1, -0.05) is 0 Å². The predicted octanol–water partition coefficient (Wildman–Crippen LogP) is -0.717. The molecule has 0 aliphatic carbocycles. The lowest BCUT2D eigenvalue weighted by Gasteiger charge is -2.35. The molecule has 1 aliphatic heterocycles. The van der Waals surface area contributed by atoms with Gasteiger partial charge in [-0.3, -0.25) is 19.4 Å². The minimum absolute atomic E-state index is 0.0388. The Hall–Kier alpha value is -4.37. The standard InChI is InChI=1S/C20H25N7O6.C4H11NO/c1-27-12(9-23-16-15(27)18(31)26-20(21)25-16)8-22-11-4-2-10(3-5-11)17(30)24-13(19(32)33)6-7-14(28)29;1-5(2)3-4-6/h2-5,12-13,22H,6-9H2,1H3,(H,24,30)(H,28,29)(H,32,33)(H4,21,23,25,26,31);6H,3-4H2,1-2H3/t12-,13-;/m0./s1. The topological polar surface area (TPSA) is 226 Å².